The molecule has 1 nitrogen and oxygen atoms in total. The third-order valence-electron chi connectivity index (χ3n) is 4.51. The summed E-state index contributed by atoms with van der Waals surface area (Å²) in [5.41, 5.74) is 5.44. The topological polar surface area (TPSA) is 17.1 Å². The number of hydrogen-bond acceptors (Lipinski definition) is 2. The van der Waals surface area contributed by atoms with Gasteiger partial charge in [0.15, 0.2) is 5.43 Å². The number of hydrogen-bond donors (Lipinski definition) is 0. The van der Waals surface area contributed by atoms with Crippen LogP contribution in [0.5, 0.6) is 0 Å². The molecule has 0 unspecified atom stereocenters. The molecule has 0 atom stereocenters. The van der Waals surface area contributed by atoms with Crippen LogP contribution in [0.25, 0.3) is 20.2 Å². The third kappa shape index (κ3) is 2.01. The highest BCUT2D eigenvalue weighted by atomic mass is 32.1. The molecular formula is C19H20OS. The van der Waals surface area contributed by atoms with Gasteiger partial charge < -0.3 is 0 Å². The second-order valence-electron chi connectivity index (χ2n) is 5.55. The van der Waals surface area contributed by atoms with Gasteiger partial charge >= 0.3 is 0 Å². The smallest absolute Gasteiger partial charge is 0.196 e. The molecule has 0 aliphatic heterocycles. The van der Waals surface area contributed by atoms with Crippen molar-refractivity contribution < 1.29 is 0 Å². The van der Waals surface area contributed by atoms with Crippen molar-refractivity contribution in [1.82, 2.24) is 0 Å². The Morgan fingerprint density at radius 2 is 1.62 bits per heavy atom. The van der Waals surface area contributed by atoms with E-state index in [-0.39, 0.29) is 5.43 Å². The Morgan fingerprint density at radius 1 is 0.952 bits per heavy atom. The number of fused-ring (bicyclic) bond motifs is 2. The minimum atomic E-state index is 0.199. The van der Waals surface area contributed by atoms with E-state index < -0.39 is 0 Å². The van der Waals surface area contributed by atoms with Crippen molar-refractivity contribution in [3.8, 4) is 0 Å². The zero-order valence-electron chi connectivity index (χ0n) is 13.0. The summed E-state index contributed by atoms with van der Waals surface area (Å²) in [4.78, 5) is 13.0. The maximum atomic E-state index is 13.0. The molecule has 0 radical (unpaired) electrons. The minimum Gasteiger partial charge on any atom is -0.288 e. The molecule has 0 saturated carbocycles. The van der Waals surface area contributed by atoms with E-state index in [9.17, 15) is 4.79 Å². The molecule has 0 N–H and O–H groups in total. The van der Waals surface area contributed by atoms with Crippen LogP contribution in [0.2, 0.25) is 0 Å². The summed E-state index contributed by atoms with van der Waals surface area (Å²) in [6, 6.07) is 7.96. The molecular weight excluding hydrogens is 276 g/mol. The molecule has 108 valence electrons. The summed E-state index contributed by atoms with van der Waals surface area (Å²) in [6.07, 6.45) is 1.93. The van der Waals surface area contributed by atoms with Crippen LogP contribution in [0.15, 0.2) is 29.1 Å². The molecule has 3 rings (SSSR count). The van der Waals surface area contributed by atoms with Gasteiger partial charge in [-0.15, -0.1) is 11.3 Å². The molecule has 21 heavy (non-hydrogen) atoms. The van der Waals surface area contributed by atoms with E-state index in [1.165, 1.54) is 27.0 Å². The minimum absolute atomic E-state index is 0.199. The summed E-state index contributed by atoms with van der Waals surface area (Å²) in [6.45, 7) is 8.68. The van der Waals surface area contributed by atoms with Gasteiger partial charge in [0.05, 0.1) is 0 Å². The molecule has 0 aliphatic carbocycles. The fraction of sp³-hybridized carbons (Fsp3) is 0.316. The molecule has 0 spiro atoms. The van der Waals surface area contributed by atoms with Crippen molar-refractivity contribution in [3.05, 3.63) is 56.7 Å². The predicted octanol–water partition coefficient (Wildman–Crippen LogP) is 5.16. The van der Waals surface area contributed by atoms with Gasteiger partial charge in [-0.2, -0.15) is 0 Å². The second kappa shape index (κ2) is 5.27. The van der Waals surface area contributed by atoms with Crippen LogP contribution in [-0.4, -0.2) is 0 Å². The zero-order valence-corrected chi connectivity index (χ0v) is 13.9. The Hall–Kier alpha value is -1.67. The van der Waals surface area contributed by atoms with Crippen molar-refractivity contribution in [2.45, 2.75) is 40.5 Å². The van der Waals surface area contributed by atoms with Crippen LogP contribution < -0.4 is 5.43 Å². The fourth-order valence-corrected chi connectivity index (χ4v) is 4.67. The van der Waals surface area contributed by atoms with Gasteiger partial charge in [0.25, 0.3) is 0 Å². The van der Waals surface area contributed by atoms with Gasteiger partial charge in [0.1, 0.15) is 0 Å². The summed E-state index contributed by atoms with van der Waals surface area (Å²) >= 11 is 1.76. The maximum absolute atomic E-state index is 13.0. The van der Waals surface area contributed by atoms with E-state index in [1.54, 1.807) is 11.3 Å². The zero-order chi connectivity index (χ0) is 15.1. The normalized spacial score (nSPS) is 11.4. The number of benzene rings is 2. The highest BCUT2D eigenvalue weighted by Gasteiger charge is 2.16. The van der Waals surface area contributed by atoms with E-state index in [0.29, 0.717) is 0 Å². The average molecular weight is 296 g/mol. The first-order valence-electron chi connectivity index (χ1n) is 7.56. The number of rotatable bonds is 2. The van der Waals surface area contributed by atoms with E-state index in [2.05, 4.69) is 33.8 Å². The van der Waals surface area contributed by atoms with E-state index in [1.807, 2.05) is 18.2 Å². The Kier molecular flexibility index (Phi) is 3.58. The lowest BCUT2D eigenvalue weighted by Gasteiger charge is -2.17. The molecule has 2 heteroatoms. The Balaban J connectivity index is 2.65. The molecule has 0 saturated heterocycles. The van der Waals surface area contributed by atoms with Crippen LogP contribution in [0.1, 0.15) is 36.1 Å². The van der Waals surface area contributed by atoms with E-state index >= 15 is 0 Å². The lowest BCUT2D eigenvalue weighted by Crippen LogP contribution is -2.08. The van der Waals surface area contributed by atoms with Gasteiger partial charge in [-0.25, -0.2) is 0 Å². The van der Waals surface area contributed by atoms with E-state index in [0.717, 1.165) is 28.3 Å². The first-order valence-corrected chi connectivity index (χ1v) is 8.38. The first-order chi connectivity index (χ1) is 10.1. The van der Waals surface area contributed by atoms with Crippen molar-refractivity contribution in [2.24, 2.45) is 0 Å². The van der Waals surface area contributed by atoms with Crippen LogP contribution in [-0.2, 0) is 12.8 Å². The molecule has 0 aliphatic rings. The van der Waals surface area contributed by atoms with Crippen LogP contribution >= 0.6 is 11.3 Å². The molecule has 1 heterocycles. The summed E-state index contributed by atoms with van der Waals surface area (Å²) < 4.78 is 2.27. The summed E-state index contributed by atoms with van der Waals surface area (Å²) in [7, 11) is 0. The van der Waals surface area contributed by atoms with Gasteiger partial charge in [-0.3, -0.25) is 4.79 Å². The maximum Gasteiger partial charge on any atom is 0.196 e. The van der Waals surface area contributed by atoms with E-state index in [4.69, 9.17) is 0 Å². The summed E-state index contributed by atoms with van der Waals surface area (Å²) in [5, 5.41) is 1.81. The van der Waals surface area contributed by atoms with Crippen molar-refractivity contribution in [1.29, 1.82) is 0 Å². The first kappa shape index (κ1) is 14.3. The average Bonchev–Trinajstić information content (AvgIpc) is 2.49. The van der Waals surface area contributed by atoms with Crippen LogP contribution in [0.4, 0.5) is 0 Å². The van der Waals surface area contributed by atoms with Crippen LogP contribution in [0, 0.1) is 13.8 Å². The molecule has 2 aromatic carbocycles. The predicted molar refractivity (Wildman–Crippen MR) is 93.8 cm³/mol. The Labute approximate surface area is 129 Å². The Bertz CT molecular complexity index is 903. The van der Waals surface area contributed by atoms with Gasteiger partial charge in [0, 0.05) is 20.2 Å². The standard InChI is InChI=1S/C19H20OS/c1-5-13-11(3)14(6-2)17-18(20)15-9-7-8-10-16(15)21-19(17)12(13)4/h7-10H,5-6H2,1-4H3. The highest BCUT2D eigenvalue weighted by Crippen LogP contribution is 2.34. The van der Waals surface area contributed by atoms with Gasteiger partial charge in [0.2, 0.25) is 0 Å². The lowest BCUT2D eigenvalue weighted by molar-refractivity contribution is 1.05. The Morgan fingerprint density at radius 3 is 2.29 bits per heavy atom. The van der Waals surface area contributed by atoms with Gasteiger partial charge in [-0.1, -0.05) is 26.0 Å². The third-order valence-corrected chi connectivity index (χ3v) is 5.80. The molecule has 0 bridgehead atoms. The monoisotopic (exact) mass is 296 g/mol. The van der Waals surface area contributed by atoms with Gasteiger partial charge in [-0.05, 0) is 61.1 Å². The molecule has 0 fully saturated rings. The fourth-order valence-electron chi connectivity index (χ4n) is 3.44. The molecule has 3 aromatic rings. The van der Waals surface area contributed by atoms with Crippen molar-refractivity contribution in [2.75, 3.05) is 0 Å². The largest absolute Gasteiger partial charge is 0.288 e. The molecule has 1 aromatic heterocycles. The SMILES string of the molecule is CCc1c(C)c(CC)c2c(=O)c3ccccc3sc2c1C. The summed E-state index contributed by atoms with van der Waals surface area (Å²) in [5.74, 6) is 0. The highest BCUT2D eigenvalue weighted by molar-refractivity contribution is 7.24. The molecule has 0 amide bonds. The second-order valence-corrected chi connectivity index (χ2v) is 6.60. The van der Waals surface area contributed by atoms with Crippen molar-refractivity contribution in [3.63, 3.8) is 0 Å². The van der Waals surface area contributed by atoms with Crippen molar-refractivity contribution >= 4 is 31.5 Å². The quantitative estimate of drug-likeness (QED) is 0.597. The van der Waals surface area contributed by atoms with Crippen LogP contribution in [0.3, 0.4) is 0 Å². The lowest BCUT2D eigenvalue weighted by atomic mass is 9.91. The number of aryl methyl sites for hydroxylation is 2.